The average molecular weight is 645 g/mol. The van der Waals surface area contributed by atoms with Crippen LogP contribution in [0, 0.1) is 17.0 Å². The number of aryl methyl sites for hydroxylation is 1. The zero-order chi connectivity index (χ0) is 29.9. The van der Waals surface area contributed by atoms with Gasteiger partial charge in [-0.05, 0) is 35.6 Å². The number of carbonyl (C=O) groups excluding carboxylic acids is 1. The molecule has 15 nitrogen and oxygen atoms in total. The number of anilines is 2. The molecule has 0 unspecified atom stereocenters. The molecule has 0 saturated heterocycles. The Morgan fingerprint density at radius 3 is 2.57 bits per heavy atom. The van der Waals surface area contributed by atoms with Crippen molar-refractivity contribution in [1.82, 2.24) is 30.0 Å². The maximum atomic E-state index is 11.9. The smallest absolute Gasteiger partial charge is 0.490 e. The minimum atomic E-state index is -0.730. The molecule has 0 aliphatic heterocycles. The van der Waals surface area contributed by atoms with Crippen molar-refractivity contribution >= 4 is 50.2 Å². The third-order valence-electron chi connectivity index (χ3n) is 5.77. The summed E-state index contributed by atoms with van der Waals surface area (Å²) in [6.07, 6.45) is 2.61. The molecular weight excluding hydrogens is 616 g/mol. The van der Waals surface area contributed by atoms with Crippen LogP contribution in [0.1, 0.15) is 5.56 Å². The van der Waals surface area contributed by atoms with Crippen molar-refractivity contribution < 1.29 is 28.7 Å². The Bertz CT molecular complexity index is 1530. The summed E-state index contributed by atoms with van der Waals surface area (Å²) < 4.78 is 24.5. The standard InChI is InChI=1S/C26H29BrN8O7/c1-17-3-4-18(11-20(17)27)32-25-19-12-22(39-2)23(13-21(19)29-15-30-25)42-10-9-41-8-7-40-6-5-28-24(36)14-34-16-31-26(33-34)35(37)38/h3-4,11-13,15-16H,5-10,14H2,1-2H3,(H,28,36)(H,29,30,32). The number of hydrogen-bond donors (Lipinski definition) is 2. The van der Waals surface area contributed by atoms with Gasteiger partial charge in [-0.25, -0.2) is 9.97 Å². The summed E-state index contributed by atoms with van der Waals surface area (Å²) in [5, 5.41) is 20.9. The van der Waals surface area contributed by atoms with Crippen LogP contribution in [0.5, 0.6) is 11.5 Å². The summed E-state index contributed by atoms with van der Waals surface area (Å²) in [4.78, 5) is 34.0. The number of nitrogens with one attached hydrogen (secondary N) is 2. The van der Waals surface area contributed by atoms with E-state index in [4.69, 9.17) is 18.9 Å². The van der Waals surface area contributed by atoms with Crippen LogP contribution >= 0.6 is 15.9 Å². The molecule has 4 rings (SSSR count). The minimum absolute atomic E-state index is 0.178. The van der Waals surface area contributed by atoms with E-state index in [0.717, 1.165) is 32.1 Å². The van der Waals surface area contributed by atoms with Crippen molar-refractivity contribution in [3.63, 3.8) is 0 Å². The highest BCUT2D eigenvalue weighted by molar-refractivity contribution is 9.10. The Morgan fingerprint density at radius 1 is 1.05 bits per heavy atom. The molecular formula is C26H29BrN8O7. The predicted octanol–water partition coefficient (Wildman–Crippen LogP) is 3.18. The molecule has 0 aliphatic rings. The maximum Gasteiger partial charge on any atom is 0.490 e. The lowest BCUT2D eigenvalue weighted by Crippen LogP contribution is -2.31. The SMILES string of the molecule is COc1cc2c(Nc3ccc(C)c(Br)c3)ncnc2cc1OCCOCCOCCNC(=O)Cn1cnc([N+](=O)[O-])n1. The summed E-state index contributed by atoms with van der Waals surface area (Å²) in [6, 6.07) is 9.61. The molecule has 0 atom stereocenters. The van der Waals surface area contributed by atoms with Crippen LogP contribution in [0.25, 0.3) is 10.9 Å². The number of benzene rings is 2. The summed E-state index contributed by atoms with van der Waals surface area (Å²) in [7, 11) is 1.57. The lowest BCUT2D eigenvalue weighted by Gasteiger charge is -2.14. The molecule has 2 aromatic carbocycles. The summed E-state index contributed by atoms with van der Waals surface area (Å²) in [6.45, 7) is 3.66. The first-order valence-corrected chi connectivity index (χ1v) is 13.6. The van der Waals surface area contributed by atoms with Crippen LogP contribution < -0.4 is 20.1 Å². The highest BCUT2D eigenvalue weighted by atomic mass is 79.9. The van der Waals surface area contributed by atoms with Crippen molar-refractivity contribution in [1.29, 1.82) is 0 Å². The highest BCUT2D eigenvalue weighted by Gasteiger charge is 2.15. The lowest BCUT2D eigenvalue weighted by molar-refractivity contribution is -0.394. The Labute approximate surface area is 248 Å². The Kier molecular flexibility index (Phi) is 10.9. The van der Waals surface area contributed by atoms with Gasteiger partial charge in [-0.15, -0.1) is 0 Å². The van der Waals surface area contributed by atoms with Gasteiger partial charge in [0.25, 0.3) is 0 Å². The Morgan fingerprint density at radius 2 is 1.83 bits per heavy atom. The highest BCUT2D eigenvalue weighted by Crippen LogP contribution is 2.35. The Balaban J connectivity index is 1.15. The third-order valence-corrected chi connectivity index (χ3v) is 6.63. The fourth-order valence-corrected chi connectivity index (χ4v) is 4.06. The van der Waals surface area contributed by atoms with Gasteiger partial charge in [-0.2, -0.15) is 4.68 Å². The van der Waals surface area contributed by atoms with E-state index in [1.54, 1.807) is 13.2 Å². The number of halogens is 1. The molecule has 1 amide bonds. The minimum Gasteiger partial charge on any atom is -0.493 e. The van der Waals surface area contributed by atoms with Gasteiger partial charge < -0.3 is 39.7 Å². The fraction of sp³-hybridized carbons (Fsp3) is 0.346. The van der Waals surface area contributed by atoms with Crippen molar-refractivity contribution in [2.75, 3.05) is 52.0 Å². The summed E-state index contributed by atoms with van der Waals surface area (Å²) >= 11 is 3.55. The van der Waals surface area contributed by atoms with Gasteiger partial charge in [-0.1, -0.05) is 27.0 Å². The zero-order valence-electron chi connectivity index (χ0n) is 22.9. The molecule has 2 N–H and O–H groups in total. The first kappa shape index (κ1) is 30.5. The number of carbonyl (C=O) groups is 1. The second kappa shape index (κ2) is 15.0. The van der Waals surface area contributed by atoms with Gasteiger partial charge in [0.05, 0.1) is 39.1 Å². The van der Waals surface area contributed by atoms with E-state index in [1.165, 1.54) is 6.33 Å². The topological polar surface area (TPSA) is 178 Å². The largest absolute Gasteiger partial charge is 0.493 e. The van der Waals surface area contributed by atoms with Crippen LogP contribution in [-0.4, -0.2) is 82.3 Å². The van der Waals surface area contributed by atoms with E-state index < -0.39 is 10.9 Å². The molecule has 0 saturated carbocycles. The molecule has 2 heterocycles. The number of rotatable bonds is 16. The number of aromatic nitrogens is 5. The molecule has 222 valence electrons. The number of ether oxygens (including phenoxy) is 4. The predicted molar refractivity (Wildman–Crippen MR) is 155 cm³/mol. The number of amides is 1. The number of nitrogens with zero attached hydrogens (tertiary/aromatic N) is 6. The van der Waals surface area contributed by atoms with Crippen LogP contribution in [0.15, 0.2) is 47.5 Å². The van der Waals surface area contributed by atoms with Crippen molar-refractivity contribution in [3.05, 3.63) is 63.1 Å². The van der Waals surface area contributed by atoms with Crippen LogP contribution in [-0.2, 0) is 20.8 Å². The van der Waals surface area contributed by atoms with Crippen molar-refractivity contribution in [2.24, 2.45) is 0 Å². The summed E-state index contributed by atoms with van der Waals surface area (Å²) in [5.41, 5.74) is 2.71. The zero-order valence-corrected chi connectivity index (χ0v) is 24.5. The maximum absolute atomic E-state index is 11.9. The quantitative estimate of drug-likeness (QED) is 0.104. The lowest BCUT2D eigenvalue weighted by atomic mass is 10.2. The van der Waals surface area contributed by atoms with Gasteiger partial charge in [0, 0.05) is 33.3 Å². The third kappa shape index (κ3) is 8.55. The second-order valence-corrected chi connectivity index (χ2v) is 9.61. The average Bonchev–Trinajstić information content (AvgIpc) is 3.44. The molecule has 16 heteroatoms. The van der Waals surface area contributed by atoms with E-state index in [2.05, 4.69) is 46.6 Å². The molecule has 0 fully saturated rings. The van der Waals surface area contributed by atoms with E-state index in [1.807, 2.05) is 31.2 Å². The summed E-state index contributed by atoms with van der Waals surface area (Å²) in [5.74, 6) is 0.790. The van der Waals surface area contributed by atoms with Gasteiger partial charge in [0.2, 0.25) is 12.2 Å². The van der Waals surface area contributed by atoms with Crippen LogP contribution in [0.2, 0.25) is 0 Å². The van der Waals surface area contributed by atoms with Crippen molar-refractivity contribution in [2.45, 2.75) is 13.5 Å². The van der Waals surface area contributed by atoms with Crippen LogP contribution in [0.4, 0.5) is 17.5 Å². The number of methoxy groups -OCH3 is 1. The van der Waals surface area contributed by atoms with E-state index in [-0.39, 0.29) is 32.2 Å². The van der Waals surface area contributed by atoms with Gasteiger partial charge in [0.15, 0.2) is 11.5 Å². The first-order chi connectivity index (χ1) is 20.3. The molecule has 42 heavy (non-hydrogen) atoms. The number of nitro groups is 1. The van der Waals surface area contributed by atoms with E-state index >= 15 is 0 Å². The molecule has 4 aromatic rings. The van der Waals surface area contributed by atoms with E-state index in [9.17, 15) is 14.9 Å². The number of fused-ring (bicyclic) bond motifs is 1. The van der Waals surface area contributed by atoms with Crippen molar-refractivity contribution in [3.8, 4) is 11.5 Å². The normalized spacial score (nSPS) is 10.9. The fourth-order valence-electron chi connectivity index (χ4n) is 3.69. The van der Waals surface area contributed by atoms with Crippen LogP contribution in [0.3, 0.4) is 0 Å². The van der Waals surface area contributed by atoms with Gasteiger partial charge >= 0.3 is 5.95 Å². The molecule has 0 radical (unpaired) electrons. The second-order valence-electron chi connectivity index (χ2n) is 8.75. The molecule has 0 spiro atoms. The van der Waals surface area contributed by atoms with E-state index in [0.29, 0.717) is 42.7 Å². The molecule has 0 bridgehead atoms. The first-order valence-electron chi connectivity index (χ1n) is 12.8. The van der Waals surface area contributed by atoms with Gasteiger partial charge in [0.1, 0.15) is 25.3 Å². The monoisotopic (exact) mass is 644 g/mol. The molecule has 2 aromatic heterocycles. The Hall–Kier alpha value is -4.41. The number of hydrogen-bond acceptors (Lipinski definition) is 12. The molecule has 0 aliphatic carbocycles. The van der Waals surface area contributed by atoms with Gasteiger partial charge in [-0.3, -0.25) is 4.79 Å².